The molecule has 2 N–H and O–H groups in total. The summed E-state index contributed by atoms with van der Waals surface area (Å²) in [6.07, 6.45) is 6.53. The Morgan fingerprint density at radius 1 is 1.38 bits per heavy atom. The highest BCUT2D eigenvalue weighted by Crippen LogP contribution is 1.97. The summed E-state index contributed by atoms with van der Waals surface area (Å²) < 4.78 is 0. The van der Waals surface area contributed by atoms with Crippen molar-refractivity contribution in [3.63, 3.8) is 0 Å². The fourth-order valence-electron chi connectivity index (χ4n) is 0.628. The van der Waals surface area contributed by atoms with Crippen LogP contribution in [0.3, 0.4) is 0 Å². The number of aliphatic hydroxyl groups excluding tert-OH is 1. The van der Waals surface area contributed by atoms with Crippen molar-refractivity contribution in [2.75, 3.05) is 6.61 Å². The summed E-state index contributed by atoms with van der Waals surface area (Å²) >= 11 is 0. The first kappa shape index (κ1) is 11.6. The number of allylic oxidation sites excluding steroid dienone is 4. The van der Waals surface area contributed by atoms with E-state index in [0.29, 0.717) is 0 Å². The van der Waals surface area contributed by atoms with Gasteiger partial charge in [-0.05, 0) is 13.8 Å². The molecular weight excluding hydrogens is 168 g/mol. The van der Waals surface area contributed by atoms with Crippen LogP contribution in [0.25, 0.3) is 0 Å². The number of hydrogen-bond acceptors (Lipinski definition) is 2. The Labute approximate surface area is 77.7 Å². The first-order valence-corrected chi connectivity index (χ1v) is 3.93. The van der Waals surface area contributed by atoms with Crippen LogP contribution in [0.15, 0.2) is 35.5 Å². The van der Waals surface area contributed by atoms with Gasteiger partial charge in [0.05, 0.1) is 6.61 Å². The molecule has 0 aromatic heterocycles. The summed E-state index contributed by atoms with van der Waals surface area (Å²) in [4.78, 5) is 10.3. The van der Waals surface area contributed by atoms with Crippen molar-refractivity contribution in [2.24, 2.45) is 0 Å². The summed E-state index contributed by atoms with van der Waals surface area (Å²) in [6.45, 7) is 3.35. The Morgan fingerprint density at radius 3 is 2.46 bits per heavy atom. The number of carbonyl (C=O) groups is 1. The van der Waals surface area contributed by atoms with E-state index >= 15 is 0 Å². The molecule has 0 unspecified atom stereocenters. The second kappa shape index (κ2) is 6.20. The summed E-state index contributed by atoms with van der Waals surface area (Å²) in [5.74, 6) is -0.923. The second-order valence-electron chi connectivity index (χ2n) is 2.64. The van der Waals surface area contributed by atoms with Crippen LogP contribution in [0, 0.1) is 0 Å². The van der Waals surface area contributed by atoms with Crippen molar-refractivity contribution in [2.45, 2.75) is 13.8 Å². The zero-order chi connectivity index (χ0) is 10.3. The van der Waals surface area contributed by atoms with Gasteiger partial charge in [0.25, 0.3) is 0 Å². The van der Waals surface area contributed by atoms with Crippen LogP contribution in [-0.4, -0.2) is 22.8 Å². The maximum absolute atomic E-state index is 10.3. The Hall–Kier alpha value is -1.35. The SMILES string of the molecule is CC(/C=C/C=C(\C)C(=O)O)=C\CO. The van der Waals surface area contributed by atoms with Crippen LogP contribution in [0.5, 0.6) is 0 Å². The monoisotopic (exact) mass is 182 g/mol. The molecule has 0 amide bonds. The van der Waals surface area contributed by atoms with Gasteiger partial charge in [-0.25, -0.2) is 4.79 Å². The largest absolute Gasteiger partial charge is 0.478 e. The van der Waals surface area contributed by atoms with Crippen molar-refractivity contribution < 1.29 is 15.0 Å². The normalized spacial score (nSPS) is 13.8. The second-order valence-corrected chi connectivity index (χ2v) is 2.64. The van der Waals surface area contributed by atoms with Crippen molar-refractivity contribution >= 4 is 5.97 Å². The Morgan fingerprint density at radius 2 is 2.00 bits per heavy atom. The van der Waals surface area contributed by atoms with Gasteiger partial charge in [-0.2, -0.15) is 0 Å². The van der Waals surface area contributed by atoms with Crippen LogP contribution in [0.1, 0.15) is 13.8 Å². The minimum atomic E-state index is -0.923. The summed E-state index contributed by atoms with van der Waals surface area (Å²) in [7, 11) is 0. The lowest BCUT2D eigenvalue weighted by molar-refractivity contribution is -0.132. The smallest absolute Gasteiger partial charge is 0.331 e. The van der Waals surface area contributed by atoms with E-state index in [1.54, 1.807) is 18.2 Å². The minimum absolute atomic E-state index is 0.00218. The minimum Gasteiger partial charge on any atom is -0.478 e. The van der Waals surface area contributed by atoms with Crippen LogP contribution in [0.2, 0.25) is 0 Å². The Bertz CT molecular complexity index is 259. The fraction of sp³-hybridized carbons (Fsp3) is 0.300. The van der Waals surface area contributed by atoms with Gasteiger partial charge >= 0.3 is 5.97 Å². The third-order valence-electron chi connectivity index (χ3n) is 1.46. The molecule has 0 aliphatic rings. The molecule has 0 aliphatic carbocycles. The lowest BCUT2D eigenvalue weighted by Gasteiger charge is -1.89. The van der Waals surface area contributed by atoms with E-state index < -0.39 is 5.97 Å². The Kier molecular flexibility index (Phi) is 5.55. The molecule has 0 aromatic rings. The quantitative estimate of drug-likeness (QED) is 0.512. The van der Waals surface area contributed by atoms with E-state index in [0.717, 1.165) is 5.57 Å². The predicted molar refractivity (Wildman–Crippen MR) is 51.4 cm³/mol. The fourth-order valence-corrected chi connectivity index (χ4v) is 0.628. The number of aliphatic hydroxyl groups is 1. The zero-order valence-corrected chi connectivity index (χ0v) is 7.82. The van der Waals surface area contributed by atoms with Crippen LogP contribution < -0.4 is 0 Å². The number of rotatable bonds is 4. The molecule has 0 aromatic carbocycles. The van der Waals surface area contributed by atoms with Crippen LogP contribution >= 0.6 is 0 Å². The van der Waals surface area contributed by atoms with Gasteiger partial charge < -0.3 is 10.2 Å². The van der Waals surface area contributed by atoms with Gasteiger partial charge in [0, 0.05) is 5.57 Å². The molecule has 0 radical (unpaired) electrons. The number of hydrogen-bond donors (Lipinski definition) is 2. The van der Waals surface area contributed by atoms with E-state index in [9.17, 15) is 4.79 Å². The molecular formula is C10H14O3. The summed E-state index contributed by atoms with van der Waals surface area (Å²) in [5.41, 5.74) is 1.19. The van der Waals surface area contributed by atoms with Gasteiger partial charge in [-0.1, -0.05) is 29.9 Å². The number of carboxylic acid groups (broad SMARTS) is 1. The standard InChI is InChI=1S/C10H14O3/c1-8(6-7-11)4-3-5-9(2)10(12)13/h3-6,11H,7H2,1-2H3,(H,12,13)/b4-3+,8-6+,9-5+. The predicted octanol–water partition coefficient (Wildman–Crippen LogP) is 1.51. The van der Waals surface area contributed by atoms with Gasteiger partial charge in [0.15, 0.2) is 0 Å². The lowest BCUT2D eigenvalue weighted by Crippen LogP contribution is -1.94. The molecule has 0 bridgehead atoms. The number of carboxylic acids is 1. The van der Waals surface area contributed by atoms with E-state index in [-0.39, 0.29) is 12.2 Å². The van der Waals surface area contributed by atoms with E-state index in [1.165, 1.54) is 13.0 Å². The highest BCUT2D eigenvalue weighted by molar-refractivity contribution is 5.86. The third-order valence-corrected chi connectivity index (χ3v) is 1.46. The first-order chi connectivity index (χ1) is 6.07. The molecule has 0 heterocycles. The zero-order valence-electron chi connectivity index (χ0n) is 7.82. The maximum Gasteiger partial charge on any atom is 0.331 e. The first-order valence-electron chi connectivity index (χ1n) is 3.93. The molecule has 0 aliphatic heterocycles. The molecule has 0 spiro atoms. The molecule has 13 heavy (non-hydrogen) atoms. The van der Waals surface area contributed by atoms with Gasteiger partial charge in [-0.15, -0.1) is 0 Å². The third kappa shape index (κ3) is 5.87. The van der Waals surface area contributed by atoms with Gasteiger partial charge in [0.2, 0.25) is 0 Å². The maximum atomic E-state index is 10.3. The molecule has 3 nitrogen and oxygen atoms in total. The van der Waals surface area contributed by atoms with Crippen molar-refractivity contribution in [3.8, 4) is 0 Å². The van der Waals surface area contributed by atoms with Crippen molar-refractivity contribution in [1.82, 2.24) is 0 Å². The average Bonchev–Trinajstić information content (AvgIpc) is 2.04. The van der Waals surface area contributed by atoms with E-state index in [2.05, 4.69) is 0 Å². The molecule has 0 atom stereocenters. The van der Waals surface area contributed by atoms with Crippen LogP contribution in [-0.2, 0) is 4.79 Å². The lowest BCUT2D eigenvalue weighted by atomic mass is 10.2. The van der Waals surface area contributed by atoms with Gasteiger partial charge in [0.1, 0.15) is 0 Å². The van der Waals surface area contributed by atoms with E-state index in [1.807, 2.05) is 6.92 Å². The average molecular weight is 182 g/mol. The van der Waals surface area contributed by atoms with Crippen LogP contribution in [0.4, 0.5) is 0 Å². The molecule has 0 saturated heterocycles. The van der Waals surface area contributed by atoms with E-state index in [4.69, 9.17) is 10.2 Å². The summed E-state index contributed by atoms with van der Waals surface area (Å²) in [6, 6.07) is 0. The highest BCUT2D eigenvalue weighted by atomic mass is 16.4. The van der Waals surface area contributed by atoms with Gasteiger partial charge in [-0.3, -0.25) is 0 Å². The molecule has 0 saturated carbocycles. The molecule has 0 rings (SSSR count). The molecule has 72 valence electrons. The highest BCUT2D eigenvalue weighted by Gasteiger charge is 1.95. The molecule has 0 fully saturated rings. The van der Waals surface area contributed by atoms with Crippen molar-refractivity contribution in [1.29, 1.82) is 0 Å². The molecule has 3 heteroatoms. The topological polar surface area (TPSA) is 57.5 Å². The Balaban J connectivity index is 4.22. The van der Waals surface area contributed by atoms with Crippen molar-refractivity contribution in [3.05, 3.63) is 35.5 Å². The summed E-state index contributed by atoms with van der Waals surface area (Å²) in [5, 5.41) is 17.0. The number of aliphatic carboxylic acids is 1.